The fraction of sp³-hybridized carbons (Fsp3) is 0.578. The van der Waals surface area contributed by atoms with Crippen molar-refractivity contribution in [1.29, 1.82) is 0 Å². The Morgan fingerprint density at radius 2 is 1.02 bits per heavy atom. The van der Waals surface area contributed by atoms with E-state index < -0.39 is 83.6 Å². The molecule has 4 saturated heterocycles. The molecule has 60 heavy (non-hydrogen) atoms. The van der Waals surface area contributed by atoms with Gasteiger partial charge in [0.25, 0.3) is 0 Å². The second kappa shape index (κ2) is 19.7. The van der Waals surface area contributed by atoms with Crippen molar-refractivity contribution in [3.63, 3.8) is 0 Å². The first-order valence-electron chi connectivity index (χ1n) is 21.7. The maximum absolute atomic E-state index is 14.6. The topological polar surface area (TPSA) is 198 Å². The van der Waals surface area contributed by atoms with Gasteiger partial charge in [-0.25, -0.2) is 0 Å². The molecule has 2 aromatic rings. The van der Waals surface area contributed by atoms with Gasteiger partial charge in [-0.2, -0.15) is 0 Å². The summed E-state index contributed by atoms with van der Waals surface area (Å²) in [5, 5.41) is 21.7. The van der Waals surface area contributed by atoms with E-state index in [0.717, 1.165) is 5.56 Å². The molecule has 0 bridgehead atoms. The molecule has 2 aromatic carbocycles. The van der Waals surface area contributed by atoms with Crippen molar-refractivity contribution in [3.8, 4) is 5.75 Å². The van der Waals surface area contributed by atoms with Crippen LogP contribution in [0, 0.1) is 11.8 Å². The zero-order chi connectivity index (χ0) is 43.1. The SMILES string of the molecule is CCC(C)C1NC(=O)C(Cc2ccccc2)NC(=O)C2CCCN2C(=O)C(CC(C)C)NC(=O)C2CCCN2C(=O)C(Cc2ccc(O)cc2)NC(=O)C2CCCN2C1=O. The Morgan fingerprint density at radius 3 is 1.53 bits per heavy atom. The van der Waals surface area contributed by atoms with E-state index in [1.54, 1.807) is 12.1 Å². The van der Waals surface area contributed by atoms with Crippen LogP contribution in [0.1, 0.15) is 90.2 Å². The maximum Gasteiger partial charge on any atom is 0.246 e. The van der Waals surface area contributed by atoms with Crippen molar-refractivity contribution in [1.82, 2.24) is 36.0 Å². The normalized spacial score (nSPS) is 28.0. The van der Waals surface area contributed by atoms with Gasteiger partial charge in [0, 0.05) is 32.5 Å². The minimum absolute atomic E-state index is 0.00917. The Hall–Kier alpha value is -5.47. The predicted octanol–water partition coefficient (Wildman–Crippen LogP) is 2.20. The largest absolute Gasteiger partial charge is 0.508 e. The number of fused-ring (bicyclic) bond motifs is 3. The minimum Gasteiger partial charge on any atom is -0.508 e. The number of nitrogens with zero attached hydrogens (tertiary/aromatic N) is 3. The van der Waals surface area contributed by atoms with Gasteiger partial charge in [0.2, 0.25) is 41.4 Å². The summed E-state index contributed by atoms with van der Waals surface area (Å²) < 4.78 is 0. The van der Waals surface area contributed by atoms with Gasteiger partial charge in [0.15, 0.2) is 0 Å². The summed E-state index contributed by atoms with van der Waals surface area (Å²) in [7, 11) is 0. The first-order valence-corrected chi connectivity index (χ1v) is 21.7. The molecule has 5 N–H and O–H groups in total. The van der Waals surface area contributed by atoms with Crippen LogP contribution in [0.25, 0.3) is 0 Å². The number of aromatic hydroxyl groups is 1. The van der Waals surface area contributed by atoms with Gasteiger partial charge >= 0.3 is 0 Å². The number of carbonyl (C=O) groups excluding carboxylic acids is 7. The zero-order valence-corrected chi connectivity index (χ0v) is 35.2. The van der Waals surface area contributed by atoms with Crippen LogP contribution in [0.5, 0.6) is 5.75 Å². The molecule has 8 atom stereocenters. The number of hydrogen-bond acceptors (Lipinski definition) is 8. The maximum atomic E-state index is 14.6. The van der Waals surface area contributed by atoms with Gasteiger partial charge in [0.1, 0.15) is 48.0 Å². The lowest BCUT2D eigenvalue weighted by atomic mass is 9.96. The third-order valence-corrected chi connectivity index (χ3v) is 12.5. The van der Waals surface area contributed by atoms with Crippen LogP contribution in [-0.2, 0) is 46.4 Å². The van der Waals surface area contributed by atoms with Gasteiger partial charge in [0.05, 0.1) is 0 Å². The number of nitrogens with one attached hydrogen (secondary N) is 4. The molecule has 15 nitrogen and oxygen atoms in total. The Bertz CT molecular complexity index is 1890. The highest BCUT2D eigenvalue weighted by atomic mass is 16.3. The van der Waals surface area contributed by atoms with E-state index in [-0.39, 0.29) is 56.5 Å². The molecule has 6 rings (SSSR count). The van der Waals surface area contributed by atoms with E-state index in [9.17, 15) is 38.7 Å². The number of phenols is 1. The fourth-order valence-corrected chi connectivity index (χ4v) is 9.05. The molecule has 0 saturated carbocycles. The van der Waals surface area contributed by atoms with Gasteiger partial charge in [-0.3, -0.25) is 33.6 Å². The third kappa shape index (κ3) is 10.3. The van der Waals surface area contributed by atoms with Crippen molar-refractivity contribution < 1.29 is 38.7 Å². The summed E-state index contributed by atoms with van der Waals surface area (Å²) in [6.45, 7) is 8.43. The zero-order valence-electron chi connectivity index (χ0n) is 35.2. The van der Waals surface area contributed by atoms with E-state index in [2.05, 4.69) is 21.3 Å². The lowest BCUT2D eigenvalue weighted by molar-refractivity contribution is -0.145. The molecule has 0 radical (unpaired) electrons. The lowest BCUT2D eigenvalue weighted by Crippen LogP contribution is -2.60. The summed E-state index contributed by atoms with van der Waals surface area (Å²) in [4.78, 5) is 105. The standard InChI is InChI=1S/C45H61N7O8/c1-5-28(4)38-45(60)52-23-11-16-37(52)42(57)48-34(26-30-17-19-31(53)20-18-30)44(59)51-22-10-15-36(51)41(56)47-33(24-27(2)3)43(58)50-21-9-14-35(50)40(55)46-32(39(54)49-38)25-29-12-7-6-8-13-29/h6-8,12-13,17-20,27-28,32-38,53H,5,9-11,14-16,21-26H2,1-4H3,(H,46,55)(H,47,56)(H,48,57)(H,49,54). The highest BCUT2D eigenvalue weighted by Gasteiger charge is 2.45. The van der Waals surface area contributed by atoms with E-state index in [4.69, 9.17) is 0 Å². The first kappa shape index (κ1) is 44.1. The molecular weight excluding hydrogens is 767 g/mol. The molecule has 4 aliphatic heterocycles. The highest BCUT2D eigenvalue weighted by Crippen LogP contribution is 2.26. The van der Waals surface area contributed by atoms with Crippen LogP contribution in [0.4, 0.5) is 0 Å². The summed E-state index contributed by atoms with van der Waals surface area (Å²) in [6, 6.07) is 8.53. The van der Waals surface area contributed by atoms with Crippen LogP contribution in [0.2, 0.25) is 0 Å². The molecule has 0 spiro atoms. The molecule has 7 amide bonds. The molecule has 0 aromatic heterocycles. The lowest BCUT2D eigenvalue weighted by Gasteiger charge is -2.33. The predicted molar refractivity (Wildman–Crippen MR) is 223 cm³/mol. The third-order valence-electron chi connectivity index (χ3n) is 12.5. The Morgan fingerprint density at radius 1 is 0.567 bits per heavy atom. The average Bonchev–Trinajstić information content (AvgIpc) is 4.04. The van der Waals surface area contributed by atoms with Crippen LogP contribution < -0.4 is 21.3 Å². The van der Waals surface area contributed by atoms with Gasteiger partial charge < -0.3 is 41.1 Å². The molecule has 15 heteroatoms. The van der Waals surface area contributed by atoms with Crippen molar-refractivity contribution in [2.45, 2.75) is 134 Å². The van der Waals surface area contributed by atoms with Gasteiger partial charge in [-0.1, -0.05) is 76.6 Å². The van der Waals surface area contributed by atoms with Crippen molar-refractivity contribution in [3.05, 3.63) is 65.7 Å². The Kier molecular flexibility index (Phi) is 14.5. The second-order valence-electron chi connectivity index (χ2n) is 17.3. The molecule has 0 aliphatic carbocycles. The number of benzene rings is 2. The number of phenolic OH excluding ortho intramolecular Hbond substituents is 1. The van der Waals surface area contributed by atoms with E-state index >= 15 is 0 Å². The van der Waals surface area contributed by atoms with Crippen molar-refractivity contribution >= 4 is 41.4 Å². The van der Waals surface area contributed by atoms with Crippen molar-refractivity contribution in [2.24, 2.45) is 11.8 Å². The van der Waals surface area contributed by atoms with E-state index in [1.165, 1.54) is 26.8 Å². The van der Waals surface area contributed by atoms with Crippen LogP contribution in [0.15, 0.2) is 54.6 Å². The summed E-state index contributed by atoms with van der Waals surface area (Å²) in [5.74, 6) is -3.75. The van der Waals surface area contributed by atoms with Gasteiger partial charge in [-0.15, -0.1) is 0 Å². The van der Waals surface area contributed by atoms with E-state index in [0.29, 0.717) is 50.5 Å². The quantitative estimate of drug-likeness (QED) is 0.267. The smallest absolute Gasteiger partial charge is 0.246 e. The molecule has 324 valence electrons. The summed E-state index contributed by atoms with van der Waals surface area (Å²) in [6.07, 6.45) is 3.63. The number of hydrogen-bond donors (Lipinski definition) is 5. The molecule has 4 aliphatic rings. The molecular formula is C45H61N7O8. The molecule has 4 fully saturated rings. The Balaban J connectivity index is 1.39. The van der Waals surface area contributed by atoms with Crippen LogP contribution >= 0.6 is 0 Å². The minimum atomic E-state index is -1.12. The molecule has 8 unspecified atom stereocenters. The van der Waals surface area contributed by atoms with Crippen molar-refractivity contribution in [2.75, 3.05) is 19.6 Å². The number of carbonyl (C=O) groups is 7. The Labute approximate surface area is 352 Å². The number of rotatable bonds is 8. The summed E-state index contributed by atoms with van der Waals surface area (Å²) in [5.41, 5.74) is 1.44. The van der Waals surface area contributed by atoms with Crippen LogP contribution in [-0.4, -0.2) is 123 Å². The van der Waals surface area contributed by atoms with Crippen LogP contribution in [0.3, 0.4) is 0 Å². The average molecular weight is 828 g/mol. The number of amides is 7. The summed E-state index contributed by atoms with van der Waals surface area (Å²) >= 11 is 0. The monoisotopic (exact) mass is 827 g/mol. The highest BCUT2D eigenvalue weighted by molar-refractivity contribution is 5.99. The van der Waals surface area contributed by atoms with Gasteiger partial charge in [-0.05, 0) is 80.0 Å². The fourth-order valence-electron chi connectivity index (χ4n) is 9.05. The van der Waals surface area contributed by atoms with E-state index in [1.807, 2.05) is 58.0 Å². The molecule has 4 heterocycles. The second-order valence-corrected chi connectivity index (χ2v) is 17.3. The first-order chi connectivity index (χ1) is 28.7.